The summed E-state index contributed by atoms with van der Waals surface area (Å²) in [5.74, 6) is -0.197. The van der Waals surface area contributed by atoms with Crippen LogP contribution in [0.1, 0.15) is 26.3 Å². The van der Waals surface area contributed by atoms with E-state index in [2.05, 4.69) is 5.32 Å². The molecule has 0 radical (unpaired) electrons. The zero-order valence-corrected chi connectivity index (χ0v) is 10.6. The third kappa shape index (κ3) is 4.85. The van der Waals surface area contributed by atoms with Gasteiger partial charge in [-0.1, -0.05) is 6.07 Å². The summed E-state index contributed by atoms with van der Waals surface area (Å²) in [5, 5.41) is 2.77. The minimum atomic E-state index is -0.373. The van der Waals surface area contributed by atoms with Crippen LogP contribution in [0.5, 0.6) is 5.75 Å². The average molecular weight is 239 g/mol. The van der Waals surface area contributed by atoms with Crippen LogP contribution in [0, 0.1) is 12.7 Å². The van der Waals surface area contributed by atoms with Gasteiger partial charge in [0.2, 0.25) is 0 Å². The van der Waals surface area contributed by atoms with Crippen LogP contribution < -0.4 is 10.1 Å². The second-order valence-corrected chi connectivity index (χ2v) is 5.00. The Balaban J connectivity index is 2.56. The molecule has 1 amide bonds. The molecule has 0 aliphatic heterocycles. The Kier molecular flexibility index (Phi) is 4.10. The fourth-order valence-electron chi connectivity index (χ4n) is 1.33. The zero-order valence-electron chi connectivity index (χ0n) is 10.6. The minimum Gasteiger partial charge on any atom is -0.483 e. The lowest BCUT2D eigenvalue weighted by Gasteiger charge is -2.20. The Hall–Kier alpha value is -1.58. The second-order valence-electron chi connectivity index (χ2n) is 5.00. The smallest absolute Gasteiger partial charge is 0.258 e. The van der Waals surface area contributed by atoms with Crippen molar-refractivity contribution in [2.24, 2.45) is 0 Å². The standard InChI is InChI=1S/C13H18FNO2/c1-9-5-6-10(14)7-11(9)17-8-12(16)15-13(2,3)4/h5-7H,8H2,1-4H3,(H,15,16). The molecule has 17 heavy (non-hydrogen) atoms. The molecule has 0 aliphatic rings. The molecule has 0 aromatic heterocycles. The van der Waals surface area contributed by atoms with Gasteiger partial charge < -0.3 is 10.1 Å². The lowest BCUT2D eigenvalue weighted by molar-refractivity contribution is -0.124. The molecule has 1 rings (SSSR count). The monoisotopic (exact) mass is 239 g/mol. The van der Waals surface area contributed by atoms with Gasteiger partial charge in [0.25, 0.3) is 5.91 Å². The third-order valence-electron chi connectivity index (χ3n) is 2.02. The normalized spacial score (nSPS) is 11.1. The summed E-state index contributed by atoms with van der Waals surface area (Å²) in [6.07, 6.45) is 0. The molecule has 4 heteroatoms. The van der Waals surface area contributed by atoms with Crippen LogP contribution in [-0.4, -0.2) is 18.1 Å². The summed E-state index contributed by atoms with van der Waals surface area (Å²) >= 11 is 0. The summed E-state index contributed by atoms with van der Waals surface area (Å²) in [7, 11) is 0. The molecule has 1 N–H and O–H groups in total. The number of amides is 1. The van der Waals surface area contributed by atoms with Crippen molar-refractivity contribution in [1.29, 1.82) is 0 Å². The van der Waals surface area contributed by atoms with E-state index in [1.807, 2.05) is 20.8 Å². The molecule has 1 aromatic rings. The van der Waals surface area contributed by atoms with E-state index in [0.717, 1.165) is 5.56 Å². The Morgan fingerprint density at radius 1 is 1.41 bits per heavy atom. The van der Waals surface area contributed by atoms with Crippen LogP contribution in [0.15, 0.2) is 18.2 Å². The van der Waals surface area contributed by atoms with Gasteiger partial charge in [-0.2, -0.15) is 0 Å². The van der Waals surface area contributed by atoms with Gasteiger partial charge in [-0.05, 0) is 39.3 Å². The maximum Gasteiger partial charge on any atom is 0.258 e. The fraction of sp³-hybridized carbons (Fsp3) is 0.462. The third-order valence-corrected chi connectivity index (χ3v) is 2.02. The highest BCUT2D eigenvalue weighted by Gasteiger charge is 2.14. The van der Waals surface area contributed by atoms with Gasteiger partial charge in [0.05, 0.1) is 0 Å². The molecular weight excluding hydrogens is 221 g/mol. The molecule has 0 aliphatic carbocycles. The number of hydrogen-bond acceptors (Lipinski definition) is 2. The van der Waals surface area contributed by atoms with Gasteiger partial charge in [-0.25, -0.2) is 4.39 Å². The first-order chi connectivity index (χ1) is 7.78. The van der Waals surface area contributed by atoms with E-state index in [0.29, 0.717) is 5.75 Å². The summed E-state index contributed by atoms with van der Waals surface area (Å²) in [5.41, 5.74) is 0.507. The minimum absolute atomic E-state index is 0.110. The molecule has 0 unspecified atom stereocenters. The SMILES string of the molecule is Cc1ccc(F)cc1OCC(=O)NC(C)(C)C. The Morgan fingerprint density at radius 2 is 2.06 bits per heavy atom. The first kappa shape index (κ1) is 13.5. The molecular formula is C13H18FNO2. The number of ether oxygens (including phenoxy) is 1. The quantitative estimate of drug-likeness (QED) is 0.879. The van der Waals surface area contributed by atoms with Gasteiger partial charge in [0.15, 0.2) is 6.61 Å². The Morgan fingerprint density at radius 3 is 2.65 bits per heavy atom. The molecule has 1 aromatic carbocycles. The summed E-state index contributed by atoms with van der Waals surface area (Å²) in [6.45, 7) is 7.35. The lowest BCUT2D eigenvalue weighted by Crippen LogP contribution is -2.43. The van der Waals surface area contributed by atoms with Gasteiger partial charge in [0.1, 0.15) is 11.6 Å². The number of rotatable bonds is 3. The van der Waals surface area contributed by atoms with Gasteiger partial charge in [-0.15, -0.1) is 0 Å². The Labute approximate surface area is 101 Å². The van der Waals surface area contributed by atoms with Crippen molar-refractivity contribution in [2.75, 3.05) is 6.61 Å². The van der Waals surface area contributed by atoms with Crippen LogP contribution in [-0.2, 0) is 4.79 Å². The number of benzene rings is 1. The van der Waals surface area contributed by atoms with Crippen molar-refractivity contribution in [2.45, 2.75) is 33.2 Å². The average Bonchev–Trinajstić information content (AvgIpc) is 2.17. The van der Waals surface area contributed by atoms with Crippen molar-refractivity contribution in [3.05, 3.63) is 29.6 Å². The van der Waals surface area contributed by atoms with Gasteiger partial charge in [0, 0.05) is 11.6 Å². The van der Waals surface area contributed by atoms with Gasteiger partial charge >= 0.3 is 0 Å². The highest BCUT2D eigenvalue weighted by atomic mass is 19.1. The maximum absolute atomic E-state index is 13.0. The molecule has 0 spiro atoms. The van der Waals surface area contributed by atoms with Crippen LogP contribution in [0.4, 0.5) is 4.39 Å². The van der Waals surface area contributed by atoms with Crippen LogP contribution >= 0.6 is 0 Å². The van der Waals surface area contributed by atoms with Crippen LogP contribution in [0.2, 0.25) is 0 Å². The zero-order chi connectivity index (χ0) is 13.1. The van der Waals surface area contributed by atoms with Crippen molar-refractivity contribution in [3.8, 4) is 5.75 Å². The number of halogens is 1. The highest BCUT2D eigenvalue weighted by molar-refractivity contribution is 5.78. The number of aryl methyl sites for hydroxylation is 1. The summed E-state index contributed by atoms with van der Waals surface area (Å²) < 4.78 is 18.2. The van der Waals surface area contributed by atoms with E-state index >= 15 is 0 Å². The molecule has 94 valence electrons. The highest BCUT2D eigenvalue weighted by Crippen LogP contribution is 2.18. The largest absolute Gasteiger partial charge is 0.483 e. The number of carbonyl (C=O) groups excluding carboxylic acids is 1. The molecule has 0 fully saturated rings. The second kappa shape index (κ2) is 5.17. The van der Waals surface area contributed by atoms with E-state index < -0.39 is 0 Å². The fourth-order valence-corrected chi connectivity index (χ4v) is 1.33. The first-order valence-corrected chi connectivity index (χ1v) is 5.48. The van der Waals surface area contributed by atoms with Crippen molar-refractivity contribution in [1.82, 2.24) is 5.32 Å². The molecule has 0 atom stereocenters. The molecule has 0 saturated carbocycles. The number of carbonyl (C=O) groups is 1. The first-order valence-electron chi connectivity index (χ1n) is 5.48. The van der Waals surface area contributed by atoms with E-state index in [1.54, 1.807) is 13.0 Å². The molecule has 3 nitrogen and oxygen atoms in total. The van der Waals surface area contributed by atoms with E-state index in [1.165, 1.54) is 12.1 Å². The Bertz CT molecular complexity index is 410. The summed E-state index contributed by atoms with van der Waals surface area (Å²) in [6, 6.07) is 4.25. The number of hydrogen-bond donors (Lipinski definition) is 1. The van der Waals surface area contributed by atoms with Crippen LogP contribution in [0.25, 0.3) is 0 Å². The topological polar surface area (TPSA) is 38.3 Å². The van der Waals surface area contributed by atoms with Gasteiger partial charge in [-0.3, -0.25) is 4.79 Å². The molecule has 0 saturated heterocycles. The lowest BCUT2D eigenvalue weighted by atomic mass is 10.1. The van der Waals surface area contributed by atoms with Crippen molar-refractivity contribution < 1.29 is 13.9 Å². The predicted octanol–water partition coefficient (Wildman–Crippen LogP) is 2.43. The number of nitrogens with one attached hydrogen (secondary N) is 1. The van der Waals surface area contributed by atoms with Crippen molar-refractivity contribution >= 4 is 5.91 Å². The molecule has 0 heterocycles. The predicted molar refractivity (Wildman–Crippen MR) is 64.5 cm³/mol. The van der Waals surface area contributed by atoms with E-state index in [-0.39, 0.29) is 23.9 Å². The molecule has 0 bridgehead atoms. The van der Waals surface area contributed by atoms with Crippen molar-refractivity contribution in [3.63, 3.8) is 0 Å². The summed E-state index contributed by atoms with van der Waals surface area (Å²) in [4.78, 5) is 11.5. The maximum atomic E-state index is 13.0. The van der Waals surface area contributed by atoms with E-state index in [4.69, 9.17) is 4.74 Å². The van der Waals surface area contributed by atoms with Crippen LogP contribution in [0.3, 0.4) is 0 Å². The van der Waals surface area contributed by atoms with E-state index in [9.17, 15) is 9.18 Å².